The summed E-state index contributed by atoms with van der Waals surface area (Å²) < 4.78 is 10.7. The van der Waals surface area contributed by atoms with E-state index in [9.17, 15) is 9.59 Å². The number of benzene rings is 2. The molecule has 1 heterocycles. The highest BCUT2D eigenvalue weighted by Gasteiger charge is 2.11. The molecule has 2 amide bonds. The Kier molecular flexibility index (Phi) is 7.99. The van der Waals surface area contributed by atoms with Crippen LogP contribution < -0.4 is 20.7 Å². The molecule has 3 aromatic rings. The number of ether oxygens (including phenoxy) is 1. The molecule has 0 bridgehead atoms. The van der Waals surface area contributed by atoms with Gasteiger partial charge in [-0.05, 0) is 79.2 Å². The molecular formula is C24H25N3O4S. The summed E-state index contributed by atoms with van der Waals surface area (Å²) in [4.78, 5) is 24.6. The maximum atomic E-state index is 12.5. The Hall–Kier alpha value is -3.65. The molecule has 3 N–H and O–H groups in total. The molecule has 0 aliphatic heterocycles. The normalized spacial score (nSPS) is 10.5. The summed E-state index contributed by atoms with van der Waals surface area (Å²) >= 11 is 5.25. The predicted octanol–water partition coefficient (Wildman–Crippen LogP) is 5.08. The van der Waals surface area contributed by atoms with E-state index in [1.807, 2.05) is 0 Å². The lowest BCUT2D eigenvalue weighted by atomic mass is 10.1. The number of furan rings is 1. The van der Waals surface area contributed by atoms with E-state index < -0.39 is 0 Å². The monoisotopic (exact) mass is 451 g/mol. The van der Waals surface area contributed by atoms with E-state index in [0.29, 0.717) is 29.5 Å². The molecule has 0 unspecified atom stereocenters. The number of nitrogens with one attached hydrogen (secondary N) is 3. The minimum atomic E-state index is -0.361. The van der Waals surface area contributed by atoms with Crippen LogP contribution in [-0.4, -0.2) is 23.5 Å². The van der Waals surface area contributed by atoms with E-state index in [4.69, 9.17) is 21.4 Å². The summed E-state index contributed by atoms with van der Waals surface area (Å²) in [6.07, 6.45) is 2.40. The van der Waals surface area contributed by atoms with Crippen molar-refractivity contribution in [3.63, 3.8) is 0 Å². The third-order valence-electron chi connectivity index (χ3n) is 4.43. The lowest BCUT2D eigenvalue weighted by Crippen LogP contribution is -2.34. The van der Waals surface area contributed by atoms with E-state index in [1.165, 1.54) is 6.26 Å². The Morgan fingerprint density at radius 3 is 2.34 bits per heavy atom. The second kappa shape index (κ2) is 11.1. The largest absolute Gasteiger partial charge is 0.494 e. The van der Waals surface area contributed by atoms with Crippen LogP contribution in [0, 0.1) is 5.92 Å². The molecule has 166 valence electrons. The lowest BCUT2D eigenvalue weighted by molar-refractivity contribution is 0.0975. The van der Waals surface area contributed by atoms with E-state index in [0.717, 1.165) is 12.2 Å². The third kappa shape index (κ3) is 6.95. The molecule has 0 saturated heterocycles. The van der Waals surface area contributed by atoms with E-state index in [-0.39, 0.29) is 22.7 Å². The van der Waals surface area contributed by atoms with Crippen LogP contribution in [0.1, 0.15) is 41.2 Å². The third-order valence-corrected chi connectivity index (χ3v) is 4.63. The van der Waals surface area contributed by atoms with Gasteiger partial charge in [-0.3, -0.25) is 14.9 Å². The Morgan fingerprint density at radius 2 is 1.69 bits per heavy atom. The van der Waals surface area contributed by atoms with E-state index in [2.05, 4.69) is 29.8 Å². The molecule has 0 spiro atoms. The van der Waals surface area contributed by atoms with Crippen molar-refractivity contribution in [3.05, 3.63) is 78.3 Å². The summed E-state index contributed by atoms with van der Waals surface area (Å²) in [5.74, 6) is 0.804. The number of amides is 2. The van der Waals surface area contributed by atoms with Gasteiger partial charge >= 0.3 is 0 Å². The lowest BCUT2D eigenvalue weighted by Gasteiger charge is -2.12. The van der Waals surface area contributed by atoms with E-state index >= 15 is 0 Å². The second-order valence-corrected chi connectivity index (χ2v) is 7.88. The van der Waals surface area contributed by atoms with Gasteiger partial charge in [0.1, 0.15) is 5.75 Å². The number of thiocarbonyl (C=S) groups is 1. The number of carbonyl (C=O) groups excluding carboxylic acids is 2. The summed E-state index contributed by atoms with van der Waals surface area (Å²) in [6, 6.07) is 17.1. The van der Waals surface area contributed by atoms with Gasteiger partial charge in [-0.25, -0.2) is 0 Å². The molecule has 0 radical (unpaired) electrons. The first-order chi connectivity index (χ1) is 15.4. The van der Waals surface area contributed by atoms with Gasteiger partial charge in [0.15, 0.2) is 10.9 Å². The van der Waals surface area contributed by atoms with Gasteiger partial charge < -0.3 is 19.8 Å². The number of anilines is 2. The predicted molar refractivity (Wildman–Crippen MR) is 128 cm³/mol. The van der Waals surface area contributed by atoms with Crippen molar-refractivity contribution in [2.24, 2.45) is 5.92 Å². The first-order valence-corrected chi connectivity index (χ1v) is 10.6. The van der Waals surface area contributed by atoms with Gasteiger partial charge in [0.2, 0.25) is 0 Å². The zero-order valence-electron chi connectivity index (χ0n) is 17.9. The summed E-state index contributed by atoms with van der Waals surface area (Å²) in [7, 11) is 0. The smallest absolute Gasteiger partial charge is 0.291 e. The number of hydrogen-bond acceptors (Lipinski definition) is 5. The Labute approximate surface area is 192 Å². The molecule has 0 saturated carbocycles. The van der Waals surface area contributed by atoms with Crippen molar-refractivity contribution >= 4 is 40.5 Å². The van der Waals surface area contributed by atoms with Crippen molar-refractivity contribution in [2.75, 3.05) is 17.2 Å². The van der Waals surface area contributed by atoms with Crippen molar-refractivity contribution in [2.45, 2.75) is 20.3 Å². The van der Waals surface area contributed by atoms with E-state index in [1.54, 1.807) is 60.7 Å². The maximum Gasteiger partial charge on any atom is 0.291 e. The Bertz CT molecular complexity index is 1060. The molecule has 0 fully saturated rings. The quantitative estimate of drug-likeness (QED) is 0.414. The van der Waals surface area contributed by atoms with Crippen LogP contribution in [0.25, 0.3) is 0 Å². The number of carbonyl (C=O) groups is 2. The minimum absolute atomic E-state index is 0.141. The van der Waals surface area contributed by atoms with Crippen molar-refractivity contribution in [1.29, 1.82) is 0 Å². The molecule has 8 heteroatoms. The minimum Gasteiger partial charge on any atom is -0.494 e. The Morgan fingerprint density at radius 1 is 0.969 bits per heavy atom. The van der Waals surface area contributed by atoms with Gasteiger partial charge in [-0.1, -0.05) is 19.9 Å². The molecule has 0 atom stereocenters. The first kappa shape index (κ1) is 23.0. The number of hydrogen-bond donors (Lipinski definition) is 3. The van der Waals surface area contributed by atoms with Crippen LogP contribution >= 0.6 is 12.2 Å². The first-order valence-electron chi connectivity index (χ1n) is 10.2. The zero-order valence-corrected chi connectivity index (χ0v) is 18.7. The van der Waals surface area contributed by atoms with Gasteiger partial charge in [0, 0.05) is 16.9 Å². The van der Waals surface area contributed by atoms with Gasteiger partial charge in [0.25, 0.3) is 11.8 Å². The average Bonchev–Trinajstić information content (AvgIpc) is 3.29. The second-order valence-electron chi connectivity index (χ2n) is 7.48. The highest BCUT2D eigenvalue weighted by molar-refractivity contribution is 7.80. The highest BCUT2D eigenvalue weighted by Crippen LogP contribution is 2.17. The van der Waals surface area contributed by atoms with Crippen LogP contribution in [0.15, 0.2) is 71.3 Å². The summed E-state index contributed by atoms with van der Waals surface area (Å²) in [6.45, 7) is 4.92. The molecule has 0 aliphatic rings. The molecule has 1 aromatic heterocycles. The van der Waals surface area contributed by atoms with Crippen LogP contribution in [0.3, 0.4) is 0 Å². The molecule has 3 rings (SSSR count). The SMILES string of the molecule is CC(C)CCOc1ccc(C(=O)NC(=S)Nc2cccc(NC(=O)c3ccco3)c2)cc1. The average molecular weight is 452 g/mol. The highest BCUT2D eigenvalue weighted by atomic mass is 32.1. The fourth-order valence-electron chi connectivity index (χ4n) is 2.73. The molecule has 0 aliphatic carbocycles. The molecule has 7 nitrogen and oxygen atoms in total. The fraction of sp³-hybridized carbons (Fsp3) is 0.208. The summed E-state index contributed by atoms with van der Waals surface area (Å²) in [5.41, 5.74) is 1.63. The van der Waals surface area contributed by atoms with Crippen molar-refractivity contribution < 1.29 is 18.7 Å². The van der Waals surface area contributed by atoms with Crippen LogP contribution in [-0.2, 0) is 0 Å². The standard InChI is InChI=1S/C24H25N3O4S/c1-16(2)12-14-30-20-10-8-17(9-11-20)22(28)27-24(32)26-19-6-3-5-18(15-19)25-23(29)21-7-4-13-31-21/h3-11,13,15-16H,12,14H2,1-2H3,(H,25,29)(H2,26,27,28,32). The zero-order chi connectivity index (χ0) is 22.9. The molecular weight excluding hydrogens is 426 g/mol. The topological polar surface area (TPSA) is 92.6 Å². The summed E-state index contributed by atoms with van der Waals surface area (Å²) in [5, 5.41) is 8.46. The Balaban J connectivity index is 1.51. The maximum absolute atomic E-state index is 12.5. The molecule has 2 aromatic carbocycles. The van der Waals surface area contributed by atoms with Crippen LogP contribution in [0.5, 0.6) is 5.75 Å². The van der Waals surface area contributed by atoms with Crippen LogP contribution in [0.2, 0.25) is 0 Å². The van der Waals surface area contributed by atoms with Gasteiger partial charge in [-0.2, -0.15) is 0 Å². The van der Waals surface area contributed by atoms with Crippen LogP contribution in [0.4, 0.5) is 11.4 Å². The van der Waals surface area contributed by atoms with Crippen molar-refractivity contribution in [3.8, 4) is 5.75 Å². The van der Waals surface area contributed by atoms with Gasteiger partial charge in [0.05, 0.1) is 12.9 Å². The number of rotatable bonds is 8. The molecule has 32 heavy (non-hydrogen) atoms. The van der Waals surface area contributed by atoms with Crippen molar-refractivity contribution in [1.82, 2.24) is 5.32 Å². The van der Waals surface area contributed by atoms with Gasteiger partial charge in [-0.15, -0.1) is 0 Å². The fourth-order valence-corrected chi connectivity index (χ4v) is 2.94.